The maximum Gasteiger partial charge on any atom is 0.309 e. The molecule has 7 rings (SSSR count). The topological polar surface area (TPSA) is 50.1 Å². The van der Waals surface area contributed by atoms with Crippen molar-refractivity contribution in [3.8, 4) is 0 Å². The molecule has 2 aromatic rings. The van der Waals surface area contributed by atoms with Crippen molar-refractivity contribution in [3.05, 3.63) is 82.7 Å². The molecule has 1 spiro atoms. The van der Waals surface area contributed by atoms with E-state index in [0.29, 0.717) is 23.3 Å². The molecule has 0 N–H and O–H groups in total. The van der Waals surface area contributed by atoms with Crippen LogP contribution in [0.2, 0.25) is 0 Å². The van der Waals surface area contributed by atoms with Gasteiger partial charge in [-0.25, -0.2) is 0 Å². The van der Waals surface area contributed by atoms with Crippen LogP contribution in [0.3, 0.4) is 0 Å². The Morgan fingerprint density at radius 3 is 2.66 bits per heavy atom. The quantitative estimate of drug-likeness (QED) is 0.561. The molecular weight excluding hydrogens is 472 g/mol. The van der Waals surface area contributed by atoms with E-state index in [9.17, 15) is 4.79 Å². The maximum atomic E-state index is 12.0. The van der Waals surface area contributed by atoms with Crippen molar-refractivity contribution >= 4 is 12.0 Å². The van der Waals surface area contributed by atoms with Crippen molar-refractivity contribution < 1.29 is 9.53 Å². The van der Waals surface area contributed by atoms with Gasteiger partial charge in [-0.15, -0.1) is 0 Å². The molecule has 198 valence electrons. The summed E-state index contributed by atoms with van der Waals surface area (Å²) in [5, 5.41) is 1.26. The van der Waals surface area contributed by atoms with Gasteiger partial charge in [0.25, 0.3) is 0 Å². The number of carbonyl (C=O) groups is 1. The van der Waals surface area contributed by atoms with E-state index in [1.807, 2.05) is 0 Å². The Balaban J connectivity index is 0.964. The molecule has 2 aliphatic carbocycles. The number of likely N-dealkylation sites (tertiary alicyclic amines) is 2. The maximum absolute atomic E-state index is 12.0. The molecule has 1 aromatic carbocycles. The minimum absolute atomic E-state index is 0.00551. The third-order valence-corrected chi connectivity index (χ3v) is 9.76. The van der Waals surface area contributed by atoms with Crippen LogP contribution in [0.5, 0.6) is 0 Å². The second kappa shape index (κ2) is 9.65. The Bertz CT molecular complexity index is 1380. The average Bonchev–Trinajstić information content (AvgIpc) is 3.33. The van der Waals surface area contributed by atoms with E-state index in [0.717, 1.165) is 25.1 Å². The highest BCUT2D eigenvalue weighted by atomic mass is 16.5. The zero-order valence-corrected chi connectivity index (χ0v) is 22.3. The molecule has 3 fully saturated rings. The van der Waals surface area contributed by atoms with Gasteiger partial charge in [-0.3, -0.25) is 19.6 Å². The normalized spacial score (nSPS) is 29.7. The molecule has 4 atom stereocenters. The molecule has 2 saturated heterocycles. The van der Waals surface area contributed by atoms with E-state index in [-0.39, 0.29) is 11.9 Å². The molecule has 3 aliphatic heterocycles. The minimum Gasteiger partial charge on any atom is -0.469 e. The summed E-state index contributed by atoms with van der Waals surface area (Å²) in [6, 6.07) is 13.5. The number of rotatable bonds is 6. The lowest BCUT2D eigenvalue weighted by Crippen LogP contribution is -2.49. The van der Waals surface area contributed by atoms with E-state index in [4.69, 9.17) is 9.73 Å². The van der Waals surface area contributed by atoms with Crippen LogP contribution in [-0.2, 0) is 22.6 Å². The summed E-state index contributed by atoms with van der Waals surface area (Å²) >= 11 is 0. The number of ether oxygens (including phenoxy) is 1. The van der Waals surface area contributed by atoms with Crippen molar-refractivity contribution in [3.63, 3.8) is 0 Å². The summed E-state index contributed by atoms with van der Waals surface area (Å²) in [7, 11) is 1.48. The number of hydrogen-bond acceptors (Lipinski definition) is 5. The van der Waals surface area contributed by atoms with Gasteiger partial charge >= 0.3 is 5.97 Å². The summed E-state index contributed by atoms with van der Waals surface area (Å²) in [5.74, 6) is 0.543. The second-order valence-corrected chi connectivity index (χ2v) is 12.1. The SMILES string of the molecule is COC(=O)C1C2C=CC(Cn3ccc4c3=NCC(N3CCC5(CCN(Cc6ccccc6)C5)CC3)C=4)=CC21. The number of benzene rings is 1. The summed E-state index contributed by atoms with van der Waals surface area (Å²) < 4.78 is 7.23. The van der Waals surface area contributed by atoms with Gasteiger partial charge in [0.05, 0.1) is 19.6 Å². The fraction of sp³-hybridized carbons (Fsp3) is 0.500. The van der Waals surface area contributed by atoms with Gasteiger partial charge in [0.1, 0.15) is 5.49 Å². The number of carbonyl (C=O) groups excluding carboxylic acids is 1. The van der Waals surface area contributed by atoms with Crippen LogP contribution >= 0.6 is 0 Å². The number of esters is 1. The lowest BCUT2D eigenvalue weighted by Gasteiger charge is -2.42. The van der Waals surface area contributed by atoms with Gasteiger partial charge in [0.2, 0.25) is 0 Å². The summed E-state index contributed by atoms with van der Waals surface area (Å²) in [6.45, 7) is 7.55. The van der Waals surface area contributed by atoms with Crippen LogP contribution in [0, 0.1) is 23.2 Å². The zero-order chi connectivity index (χ0) is 25.7. The van der Waals surface area contributed by atoms with Crippen LogP contribution in [0.4, 0.5) is 0 Å². The smallest absolute Gasteiger partial charge is 0.309 e. The van der Waals surface area contributed by atoms with E-state index in [1.54, 1.807) is 0 Å². The fourth-order valence-corrected chi connectivity index (χ4v) is 7.44. The van der Waals surface area contributed by atoms with E-state index in [2.05, 4.69) is 81.3 Å². The van der Waals surface area contributed by atoms with Crippen molar-refractivity contribution in [1.82, 2.24) is 14.4 Å². The predicted octanol–water partition coefficient (Wildman–Crippen LogP) is 2.79. The lowest BCUT2D eigenvalue weighted by molar-refractivity contribution is -0.142. The number of fused-ring (bicyclic) bond motifs is 2. The van der Waals surface area contributed by atoms with Crippen molar-refractivity contribution in [2.45, 2.75) is 38.4 Å². The predicted molar refractivity (Wildman–Crippen MR) is 148 cm³/mol. The number of hydrogen-bond donors (Lipinski definition) is 0. The first-order valence-electron chi connectivity index (χ1n) is 14.3. The molecule has 4 heterocycles. The highest BCUT2D eigenvalue weighted by molar-refractivity contribution is 5.78. The van der Waals surface area contributed by atoms with Gasteiger partial charge in [-0.05, 0) is 73.4 Å². The van der Waals surface area contributed by atoms with Crippen LogP contribution in [0.1, 0.15) is 24.8 Å². The van der Waals surface area contributed by atoms with E-state index in [1.165, 1.54) is 68.9 Å². The third kappa shape index (κ3) is 4.48. The second-order valence-electron chi connectivity index (χ2n) is 12.1. The number of piperidine rings is 1. The number of allylic oxidation sites excluding steroid dienone is 4. The van der Waals surface area contributed by atoms with Gasteiger partial charge in [0.15, 0.2) is 0 Å². The summed E-state index contributed by atoms with van der Waals surface area (Å²) in [4.78, 5) is 22.4. The average molecular weight is 511 g/mol. The van der Waals surface area contributed by atoms with Crippen LogP contribution in [0.25, 0.3) is 6.08 Å². The highest BCUT2D eigenvalue weighted by Gasteiger charge is 2.53. The molecule has 6 heteroatoms. The molecule has 0 radical (unpaired) electrons. The first-order chi connectivity index (χ1) is 18.6. The Labute approximate surface area is 225 Å². The van der Waals surface area contributed by atoms with Gasteiger partial charge in [-0.1, -0.05) is 54.6 Å². The monoisotopic (exact) mass is 510 g/mol. The van der Waals surface area contributed by atoms with Crippen LogP contribution in [0.15, 0.2) is 71.4 Å². The first kappa shape index (κ1) is 24.1. The van der Waals surface area contributed by atoms with Gasteiger partial charge in [-0.2, -0.15) is 0 Å². The number of methoxy groups -OCH3 is 1. The Hall–Kier alpha value is -2.96. The zero-order valence-electron chi connectivity index (χ0n) is 22.3. The van der Waals surface area contributed by atoms with Gasteiger partial charge < -0.3 is 9.30 Å². The van der Waals surface area contributed by atoms with E-state index >= 15 is 0 Å². The van der Waals surface area contributed by atoms with Crippen molar-refractivity contribution in [1.29, 1.82) is 0 Å². The van der Waals surface area contributed by atoms with Crippen molar-refractivity contribution in [2.75, 3.05) is 39.8 Å². The molecule has 6 nitrogen and oxygen atoms in total. The standard InChI is InChI=1S/C32H38N4O2/c1-38-31(37)29-27-8-7-24(17-28(27)29)21-36-13-9-25-18-26(19-33-30(25)36)35-15-11-32(12-16-35)10-14-34(22-32)20-23-5-3-2-4-6-23/h2-9,13,17-18,26-29H,10-12,14-16,19-22H2,1H3. The Morgan fingerprint density at radius 1 is 1.03 bits per heavy atom. The molecular formula is C32H38N4O2. The first-order valence-corrected chi connectivity index (χ1v) is 14.3. The molecule has 4 unspecified atom stereocenters. The van der Waals surface area contributed by atoms with Gasteiger partial charge in [0, 0.05) is 37.1 Å². The molecule has 5 aliphatic rings. The molecule has 38 heavy (non-hydrogen) atoms. The summed E-state index contributed by atoms with van der Waals surface area (Å²) in [6.07, 6.45) is 15.2. The van der Waals surface area contributed by atoms with Crippen LogP contribution in [-0.4, -0.2) is 66.2 Å². The fourth-order valence-electron chi connectivity index (χ4n) is 7.44. The number of aromatic nitrogens is 1. The van der Waals surface area contributed by atoms with E-state index < -0.39 is 0 Å². The number of nitrogens with zero attached hydrogens (tertiary/aromatic N) is 4. The lowest BCUT2D eigenvalue weighted by atomic mass is 9.77. The molecule has 1 saturated carbocycles. The van der Waals surface area contributed by atoms with Crippen LogP contribution < -0.4 is 10.7 Å². The molecule has 0 bridgehead atoms. The third-order valence-electron chi connectivity index (χ3n) is 9.76. The Kier molecular flexibility index (Phi) is 6.12. The van der Waals surface area contributed by atoms with Crippen molar-refractivity contribution in [2.24, 2.45) is 28.2 Å². The highest BCUT2D eigenvalue weighted by Crippen LogP contribution is 2.51. The minimum atomic E-state index is -0.0859. The largest absolute Gasteiger partial charge is 0.469 e. The molecule has 0 amide bonds. The summed E-state index contributed by atoms with van der Waals surface area (Å²) in [5.41, 5.74) is 4.28. The molecule has 1 aromatic heterocycles. The Morgan fingerprint density at radius 2 is 1.84 bits per heavy atom.